The zero-order chi connectivity index (χ0) is 9.84. The van der Waals surface area contributed by atoms with Crippen molar-refractivity contribution in [2.75, 3.05) is 13.6 Å². The van der Waals surface area contributed by atoms with Gasteiger partial charge in [-0.2, -0.15) is 0 Å². The lowest BCUT2D eigenvalue weighted by atomic mass is 10.3. The van der Waals surface area contributed by atoms with Crippen molar-refractivity contribution in [3.8, 4) is 0 Å². The van der Waals surface area contributed by atoms with E-state index in [4.69, 9.17) is 5.73 Å². The molecule has 0 fully saturated rings. The van der Waals surface area contributed by atoms with E-state index in [9.17, 15) is 0 Å². The Balaban J connectivity index is 2.45. The minimum Gasteiger partial charge on any atom is -0.337 e. The number of imidazole rings is 1. The molecule has 1 aromatic rings. The Kier molecular flexibility index (Phi) is 3.45. The van der Waals surface area contributed by atoms with Crippen LogP contribution in [-0.2, 0) is 13.6 Å². The summed E-state index contributed by atoms with van der Waals surface area (Å²) in [7, 11) is 4.06. The number of nitrogens with zero attached hydrogens (tertiary/aromatic N) is 3. The molecule has 0 spiro atoms. The molecule has 2 N–H and O–H groups in total. The van der Waals surface area contributed by atoms with Crippen LogP contribution >= 0.6 is 0 Å². The molecule has 1 heterocycles. The first-order chi connectivity index (χ1) is 6.09. The van der Waals surface area contributed by atoms with Crippen LogP contribution in [0, 0.1) is 0 Å². The van der Waals surface area contributed by atoms with Gasteiger partial charge in [0.15, 0.2) is 0 Å². The smallest absolute Gasteiger partial charge is 0.122 e. The van der Waals surface area contributed by atoms with E-state index < -0.39 is 0 Å². The number of rotatable bonds is 4. The molecule has 0 aromatic carbocycles. The highest BCUT2D eigenvalue weighted by Gasteiger charge is 2.05. The van der Waals surface area contributed by atoms with Crippen LogP contribution in [0.1, 0.15) is 12.7 Å². The fourth-order valence-electron chi connectivity index (χ4n) is 1.35. The molecule has 0 saturated carbocycles. The maximum absolute atomic E-state index is 5.69. The fraction of sp³-hybridized carbons (Fsp3) is 0.667. The molecule has 0 saturated heterocycles. The minimum absolute atomic E-state index is 0.213. The third-order valence-electron chi connectivity index (χ3n) is 1.93. The molecule has 0 aliphatic heterocycles. The molecule has 0 aliphatic carbocycles. The average Bonchev–Trinajstić information content (AvgIpc) is 2.34. The molecular formula is C9H18N4. The highest BCUT2D eigenvalue weighted by Crippen LogP contribution is 1.99. The van der Waals surface area contributed by atoms with Crippen LogP contribution < -0.4 is 5.73 Å². The maximum Gasteiger partial charge on any atom is 0.122 e. The summed E-state index contributed by atoms with van der Waals surface area (Å²) in [5.41, 5.74) is 5.69. The van der Waals surface area contributed by atoms with Crippen molar-refractivity contribution in [1.29, 1.82) is 0 Å². The first-order valence-corrected chi connectivity index (χ1v) is 4.50. The molecule has 0 radical (unpaired) electrons. The van der Waals surface area contributed by atoms with Crippen LogP contribution in [-0.4, -0.2) is 34.1 Å². The van der Waals surface area contributed by atoms with Gasteiger partial charge in [0.05, 0.1) is 6.54 Å². The van der Waals surface area contributed by atoms with Gasteiger partial charge in [0.2, 0.25) is 0 Å². The van der Waals surface area contributed by atoms with E-state index in [2.05, 4.69) is 16.9 Å². The van der Waals surface area contributed by atoms with E-state index in [1.54, 1.807) is 0 Å². The number of hydrogen-bond acceptors (Lipinski definition) is 3. The molecule has 1 rings (SSSR count). The molecule has 0 amide bonds. The van der Waals surface area contributed by atoms with E-state index in [-0.39, 0.29) is 6.04 Å². The van der Waals surface area contributed by atoms with Gasteiger partial charge in [-0.3, -0.25) is 4.90 Å². The van der Waals surface area contributed by atoms with Crippen molar-refractivity contribution in [2.45, 2.75) is 19.5 Å². The van der Waals surface area contributed by atoms with Gasteiger partial charge in [0.25, 0.3) is 0 Å². The largest absolute Gasteiger partial charge is 0.337 e. The summed E-state index contributed by atoms with van der Waals surface area (Å²) in [6.45, 7) is 3.76. The number of hydrogen-bond donors (Lipinski definition) is 1. The summed E-state index contributed by atoms with van der Waals surface area (Å²) in [5.74, 6) is 1.07. The molecule has 0 bridgehead atoms. The van der Waals surface area contributed by atoms with Gasteiger partial charge in [-0.25, -0.2) is 4.98 Å². The predicted octanol–water partition coefficient (Wildman–Crippen LogP) is 0.199. The summed E-state index contributed by atoms with van der Waals surface area (Å²) < 4.78 is 2.03. The van der Waals surface area contributed by atoms with Gasteiger partial charge in [-0.15, -0.1) is 0 Å². The lowest BCUT2D eigenvalue weighted by Gasteiger charge is -2.18. The molecule has 0 aliphatic rings. The Morgan fingerprint density at radius 3 is 2.85 bits per heavy atom. The van der Waals surface area contributed by atoms with Crippen LogP contribution in [0.15, 0.2) is 12.4 Å². The van der Waals surface area contributed by atoms with Crippen LogP contribution in [0.3, 0.4) is 0 Å². The summed E-state index contributed by atoms with van der Waals surface area (Å²) in [5, 5.41) is 0. The van der Waals surface area contributed by atoms with Gasteiger partial charge in [-0.1, -0.05) is 0 Å². The number of aryl methyl sites for hydroxylation is 1. The lowest BCUT2D eigenvalue weighted by Crippen LogP contribution is -2.33. The number of likely N-dealkylation sites (N-methyl/N-ethyl adjacent to an activating group) is 1. The van der Waals surface area contributed by atoms with Gasteiger partial charge in [0, 0.05) is 32.0 Å². The van der Waals surface area contributed by atoms with E-state index in [1.807, 2.05) is 30.9 Å². The minimum atomic E-state index is 0.213. The van der Waals surface area contributed by atoms with Crippen molar-refractivity contribution in [2.24, 2.45) is 12.8 Å². The highest BCUT2D eigenvalue weighted by molar-refractivity contribution is 4.90. The van der Waals surface area contributed by atoms with Crippen molar-refractivity contribution in [3.63, 3.8) is 0 Å². The second-order valence-electron chi connectivity index (χ2n) is 3.63. The summed E-state index contributed by atoms with van der Waals surface area (Å²) >= 11 is 0. The monoisotopic (exact) mass is 182 g/mol. The second kappa shape index (κ2) is 4.39. The van der Waals surface area contributed by atoms with Crippen molar-refractivity contribution < 1.29 is 0 Å². The van der Waals surface area contributed by atoms with Crippen molar-refractivity contribution in [3.05, 3.63) is 18.2 Å². The number of nitrogens with two attached hydrogens (primary N) is 1. The van der Waals surface area contributed by atoms with Crippen LogP contribution in [0.25, 0.3) is 0 Å². The Bertz CT molecular complexity index is 254. The lowest BCUT2D eigenvalue weighted by molar-refractivity contribution is 0.299. The maximum atomic E-state index is 5.69. The zero-order valence-electron chi connectivity index (χ0n) is 8.57. The fourth-order valence-corrected chi connectivity index (χ4v) is 1.35. The first-order valence-electron chi connectivity index (χ1n) is 4.50. The molecule has 1 atom stereocenters. The predicted molar refractivity (Wildman–Crippen MR) is 53.2 cm³/mol. The van der Waals surface area contributed by atoms with Gasteiger partial charge < -0.3 is 10.3 Å². The third kappa shape index (κ3) is 3.16. The van der Waals surface area contributed by atoms with Crippen LogP contribution in [0.5, 0.6) is 0 Å². The first kappa shape index (κ1) is 10.2. The van der Waals surface area contributed by atoms with Crippen molar-refractivity contribution in [1.82, 2.24) is 14.5 Å². The van der Waals surface area contributed by atoms with Crippen LogP contribution in [0.2, 0.25) is 0 Å². The number of aromatic nitrogens is 2. The van der Waals surface area contributed by atoms with Crippen LogP contribution in [0.4, 0.5) is 0 Å². The summed E-state index contributed by atoms with van der Waals surface area (Å²) in [6, 6.07) is 0.213. The molecule has 1 aromatic heterocycles. The highest BCUT2D eigenvalue weighted by atomic mass is 15.2. The van der Waals surface area contributed by atoms with Crippen molar-refractivity contribution >= 4 is 0 Å². The Labute approximate surface area is 79.4 Å². The topological polar surface area (TPSA) is 47.1 Å². The molecule has 74 valence electrons. The Morgan fingerprint density at radius 2 is 2.38 bits per heavy atom. The molecular weight excluding hydrogens is 164 g/mol. The third-order valence-corrected chi connectivity index (χ3v) is 1.93. The molecule has 13 heavy (non-hydrogen) atoms. The SMILES string of the molecule is CC(N)CN(C)Cc1nccn1C. The Morgan fingerprint density at radius 1 is 1.69 bits per heavy atom. The summed E-state index contributed by atoms with van der Waals surface area (Å²) in [6.07, 6.45) is 3.77. The summed E-state index contributed by atoms with van der Waals surface area (Å²) in [4.78, 5) is 6.42. The van der Waals surface area contributed by atoms with Gasteiger partial charge in [-0.05, 0) is 14.0 Å². The van der Waals surface area contributed by atoms with E-state index in [0.29, 0.717) is 0 Å². The van der Waals surface area contributed by atoms with E-state index in [1.165, 1.54) is 0 Å². The van der Waals surface area contributed by atoms with E-state index in [0.717, 1.165) is 18.9 Å². The van der Waals surface area contributed by atoms with Gasteiger partial charge >= 0.3 is 0 Å². The second-order valence-corrected chi connectivity index (χ2v) is 3.63. The van der Waals surface area contributed by atoms with Gasteiger partial charge in [0.1, 0.15) is 5.82 Å². The average molecular weight is 182 g/mol. The molecule has 4 nitrogen and oxygen atoms in total. The molecule has 4 heteroatoms. The van der Waals surface area contributed by atoms with E-state index >= 15 is 0 Å². The zero-order valence-corrected chi connectivity index (χ0v) is 8.57. The standard InChI is InChI=1S/C9H18N4/c1-8(10)6-12(2)7-9-11-4-5-13(9)3/h4-5,8H,6-7,10H2,1-3H3. The molecule has 1 unspecified atom stereocenters. The Hall–Kier alpha value is -0.870. The quantitative estimate of drug-likeness (QED) is 0.723. The normalized spacial score (nSPS) is 13.6.